The number of benzene rings is 2. The molecule has 2 aromatic carbocycles. The van der Waals surface area contributed by atoms with Crippen molar-refractivity contribution < 1.29 is 44.6 Å². The van der Waals surface area contributed by atoms with Gasteiger partial charge < -0.3 is 20.1 Å². The van der Waals surface area contributed by atoms with E-state index in [1.807, 2.05) is 0 Å². The van der Waals surface area contributed by atoms with E-state index in [0.717, 1.165) is 36.4 Å². The Bertz CT molecular complexity index is 1350. The average molecular weight is 532 g/mol. The van der Waals surface area contributed by atoms with Crippen LogP contribution >= 0.6 is 0 Å². The number of hydrogen-bond donors (Lipinski definition) is 1. The van der Waals surface area contributed by atoms with Crippen LogP contribution in [0.2, 0.25) is 0 Å². The molecule has 3 aromatic rings. The van der Waals surface area contributed by atoms with E-state index in [2.05, 4.69) is 14.6 Å². The maximum atomic E-state index is 12.8. The molecular weight excluding hydrogens is 515 g/mol. The van der Waals surface area contributed by atoms with Gasteiger partial charge in [-0.15, -0.1) is 13.2 Å². The fourth-order valence-corrected chi connectivity index (χ4v) is 4.72. The number of carbonyl (C=O) groups is 1. The van der Waals surface area contributed by atoms with E-state index in [1.54, 1.807) is 0 Å². The summed E-state index contributed by atoms with van der Waals surface area (Å²) in [6.45, 7) is -3.17. The maximum Gasteiger partial charge on any atom is 0.573 e. The van der Waals surface area contributed by atoms with Crippen LogP contribution in [0.1, 0.15) is 22.9 Å². The van der Waals surface area contributed by atoms with Crippen molar-refractivity contribution >= 4 is 15.9 Å². The van der Waals surface area contributed by atoms with Crippen molar-refractivity contribution in [1.29, 1.82) is 0 Å². The molecule has 1 aliphatic heterocycles. The number of nitrogens with two attached hydrogens (primary N) is 1. The number of hydrogen-bond acceptors (Lipinski definition) is 7. The zero-order valence-electron chi connectivity index (χ0n) is 18.0. The third-order valence-electron chi connectivity index (χ3n) is 5.18. The summed E-state index contributed by atoms with van der Waals surface area (Å²) in [5, 5.41) is 4.03. The van der Waals surface area contributed by atoms with Gasteiger partial charge in [0.25, 0.3) is 10.0 Å². The summed E-state index contributed by atoms with van der Waals surface area (Å²) in [7, 11) is -4.15. The second-order valence-electron chi connectivity index (χ2n) is 7.62. The van der Waals surface area contributed by atoms with Gasteiger partial charge in [0.2, 0.25) is 5.91 Å². The number of fused-ring (bicyclic) bond motifs is 1. The van der Waals surface area contributed by atoms with Crippen molar-refractivity contribution in [3.8, 4) is 11.5 Å². The topological polar surface area (TPSA) is 117 Å². The largest absolute Gasteiger partial charge is 0.573 e. The molecule has 2 N–H and O–H groups in total. The quantitative estimate of drug-likeness (QED) is 0.465. The minimum atomic E-state index is -4.91. The zero-order chi connectivity index (χ0) is 26.3. The van der Waals surface area contributed by atoms with Gasteiger partial charge in [0, 0.05) is 18.3 Å². The van der Waals surface area contributed by atoms with Gasteiger partial charge in [-0.3, -0.25) is 4.79 Å². The van der Waals surface area contributed by atoms with Crippen molar-refractivity contribution in [2.24, 2.45) is 5.73 Å². The Morgan fingerprint density at radius 3 is 2.36 bits per heavy atom. The van der Waals surface area contributed by atoms with E-state index < -0.39 is 40.7 Å². The van der Waals surface area contributed by atoms with Crippen molar-refractivity contribution in [3.05, 3.63) is 71.5 Å². The summed E-state index contributed by atoms with van der Waals surface area (Å²) in [6.07, 6.45) is -3.69. The smallest absolute Gasteiger partial charge is 0.435 e. The van der Waals surface area contributed by atoms with Gasteiger partial charge in [0.15, 0.2) is 0 Å². The van der Waals surface area contributed by atoms with Crippen LogP contribution in [0.3, 0.4) is 0 Å². The molecule has 15 heteroatoms. The zero-order valence-corrected chi connectivity index (χ0v) is 18.8. The highest BCUT2D eigenvalue weighted by molar-refractivity contribution is 7.89. The number of amides is 1. The molecule has 192 valence electrons. The highest BCUT2D eigenvalue weighted by Crippen LogP contribution is 2.29. The minimum Gasteiger partial charge on any atom is -0.435 e. The van der Waals surface area contributed by atoms with E-state index in [9.17, 15) is 35.2 Å². The number of aromatic nitrogens is 2. The average Bonchev–Trinajstić information content (AvgIpc) is 3.37. The highest BCUT2D eigenvalue weighted by Gasteiger charge is 2.34. The monoisotopic (exact) mass is 532 g/mol. The van der Waals surface area contributed by atoms with Crippen LogP contribution in [0.15, 0.2) is 59.6 Å². The molecule has 0 saturated carbocycles. The van der Waals surface area contributed by atoms with E-state index in [-0.39, 0.29) is 35.0 Å². The van der Waals surface area contributed by atoms with Gasteiger partial charge in [0.1, 0.15) is 17.5 Å². The summed E-state index contributed by atoms with van der Waals surface area (Å²) >= 11 is 0. The second kappa shape index (κ2) is 9.39. The van der Waals surface area contributed by atoms with Crippen molar-refractivity contribution in [2.75, 3.05) is 0 Å². The van der Waals surface area contributed by atoms with Crippen LogP contribution < -0.4 is 15.2 Å². The molecule has 0 saturated heterocycles. The van der Waals surface area contributed by atoms with E-state index in [1.165, 1.54) is 23.2 Å². The first-order valence-electron chi connectivity index (χ1n) is 10.1. The Labute approximate surface area is 200 Å². The van der Waals surface area contributed by atoms with Crippen LogP contribution in [-0.4, -0.2) is 41.4 Å². The summed E-state index contributed by atoms with van der Waals surface area (Å²) in [5.41, 5.74) is 6.77. The maximum absolute atomic E-state index is 12.8. The fourth-order valence-electron chi connectivity index (χ4n) is 3.55. The van der Waals surface area contributed by atoms with Gasteiger partial charge in [-0.2, -0.15) is 26.4 Å². The molecule has 0 radical (unpaired) electrons. The number of halogens is 5. The third kappa shape index (κ3) is 5.41. The molecule has 0 spiro atoms. The van der Waals surface area contributed by atoms with Gasteiger partial charge in [0.05, 0.1) is 17.1 Å². The molecule has 1 unspecified atom stereocenters. The third-order valence-corrected chi connectivity index (χ3v) is 6.73. The predicted octanol–water partition coefficient (Wildman–Crippen LogP) is 3.16. The fraction of sp³-hybridized carbons (Fsp3) is 0.238. The minimum absolute atomic E-state index is 0.0305. The lowest BCUT2D eigenvalue weighted by molar-refractivity contribution is -0.274. The summed E-state index contributed by atoms with van der Waals surface area (Å²) in [5.74, 6) is -1.35. The number of alkyl halides is 5. The van der Waals surface area contributed by atoms with Crippen LogP contribution in [0.5, 0.6) is 11.5 Å². The second-order valence-corrected chi connectivity index (χ2v) is 9.42. The Morgan fingerprint density at radius 1 is 1.06 bits per heavy atom. The normalized spacial score (nSPS) is 14.6. The molecule has 1 aliphatic rings. The first-order valence-corrected chi connectivity index (χ1v) is 11.6. The summed E-state index contributed by atoms with van der Waals surface area (Å²) < 4.78 is 96.4. The van der Waals surface area contributed by atoms with Crippen molar-refractivity contribution in [2.45, 2.75) is 37.0 Å². The van der Waals surface area contributed by atoms with E-state index in [0.29, 0.717) is 9.65 Å². The first-order chi connectivity index (χ1) is 16.8. The lowest BCUT2D eigenvalue weighted by Crippen LogP contribution is -2.35. The number of nitrogens with zero attached hydrogens (tertiary/aromatic N) is 3. The number of rotatable bonds is 7. The van der Waals surface area contributed by atoms with Gasteiger partial charge in [-0.25, -0.2) is 0 Å². The number of ether oxygens (including phenoxy) is 2. The van der Waals surface area contributed by atoms with Crippen LogP contribution in [0, 0.1) is 0 Å². The molecule has 1 atom stereocenters. The predicted molar refractivity (Wildman–Crippen MR) is 112 cm³/mol. The van der Waals surface area contributed by atoms with Crippen LogP contribution in [0.4, 0.5) is 22.0 Å². The number of carbonyl (C=O) groups excluding carboxylic acids is 1. The molecule has 4 rings (SSSR count). The molecule has 1 amide bonds. The van der Waals surface area contributed by atoms with Gasteiger partial charge in [-0.05, 0) is 42.0 Å². The molecule has 1 aromatic heterocycles. The Morgan fingerprint density at radius 2 is 1.75 bits per heavy atom. The SMILES string of the molecule is NC(C(=O)N1Cc2cn(S(=O)(=O)c3ccc(OC(F)F)cc3)nc2C1)c1cccc(OC(F)(F)F)c1. The molecule has 0 aliphatic carbocycles. The van der Waals surface area contributed by atoms with Crippen molar-refractivity contribution in [1.82, 2.24) is 14.1 Å². The molecular formula is C21H17F5N4O5S. The van der Waals surface area contributed by atoms with Gasteiger partial charge >= 0.3 is 13.0 Å². The lowest BCUT2D eigenvalue weighted by Gasteiger charge is -2.21. The molecule has 0 bridgehead atoms. The lowest BCUT2D eigenvalue weighted by atomic mass is 10.1. The molecule has 9 nitrogen and oxygen atoms in total. The molecule has 0 fully saturated rings. The van der Waals surface area contributed by atoms with Crippen LogP contribution in [-0.2, 0) is 27.9 Å². The van der Waals surface area contributed by atoms with E-state index >= 15 is 0 Å². The van der Waals surface area contributed by atoms with Crippen molar-refractivity contribution in [3.63, 3.8) is 0 Å². The van der Waals surface area contributed by atoms with Gasteiger partial charge in [-0.1, -0.05) is 12.1 Å². The molecule has 36 heavy (non-hydrogen) atoms. The first kappa shape index (κ1) is 25.4. The Balaban J connectivity index is 1.46. The summed E-state index contributed by atoms with van der Waals surface area (Å²) in [4.78, 5) is 13.9. The Hall–Kier alpha value is -3.72. The highest BCUT2D eigenvalue weighted by atomic mass is 32.2. The molecule has 2 heterocycles. The van der Waals surface area contributed by atoms with E-state index in [4.69, 9.17) is 5.73 Å². The van der Waals surface area contributed by atoms with Crippen LogP contribution in [0.25, 0.3) is 0 Å². The Kier molecular flexibility index (Phi) is 6.62. The summed E-state index contributed by atoms with van der Waals surface area (Å²) in [6, 6.07) is 7.76. The standard InChI is InChI=1S/C21H17F5N4O5S/c22-20(23)34-14-4-6-16(7-5-14)36(32,33)30-10-13-9-29(11-17(13)28-30)19(31)18(27)12-2-1-3-15(8-12)35-21(24,25)26/h1-8,10,18,20H,9,11,27H2.